The van der Waals surface area contributed by atoms with Gasteiger partial charge in [0.15, 0.2) is 11.0 Å². The summed E-state index contributed by atoms with van der Waals surface area (Å²) in [6, 6.07) is 11.7. The molecule has 34 heavy (non-hydrogen) atoms. The van der Waals surface area contributed by atoms with E-state index in [2.05, 4.69) is 15.5 Å². The lowest BCUT2D eigenvalue weighted by Gasteiger charge is -2.11. The van der Waals surface area contributed by atoms with Gasteiger partial charge in [-0.15, -0.1) is 10.2 Å². The predicted octanol–water partition coefficient (Wildman–Crippen LogP) is 3.18. The number of nitrogens with one attached hydrogen (secondary N) is 1. The van der Waals surface area contributed by atoms with Gasteiger partial charge in [0, 0.05) is 7.05 Å². The lowest BCUT2D eigenvalue weighted by molar-refractivity contribution is -0.113. The second-order valence-corrected chi connectivity index (χ2v) is 7.82. The number of rotatable bonds is 9. The van der Waals surface area contributed by atoms with E-state index >= 15 is 0 Å². The third-order valence-electron chi connectivity index (χ3n) is 4.72. The van der Waals surface area contributed by atoms with Gasteiger partial charge in [0.05, 0.1) is 49.0 Å². The first-order valence-corrected chi connectivity index (χ1v) is 11.2. The number of nitrogens with zero attached hydrogens (tertiary/aromatic N) is 3. The highest BCUT2D eigenvalue weighted by Gasteiger charge is 2.19. The minimum atomic E-state index is -0.648. The van der Waals surface area contributed by atoms with Gasteiger partial charge in [0.2, 0.25) is 5.91 Å². The predicted molar refractivity (Wildman–Crippen MR) is 126 cm³/mol. The molecule has 0 saturated carbocycles. The maximum Gasteiger partial charge on any atom is 0.339 e. The van der Waals surface area contributed by atoms with E-state index in [9.17, 15) is 14.4 Å². The molecule has 1 aromatic heterocycles. The third-order valence-corrected chi connectivity index (χ3v) is 5.74. The summed E-state index contributed by atoms with van der Waals surface area (Å²) in [4.78, 5) is 36.6. The number of ether oxygens (including phenoxy) is 3. The molecule has 10 nitrogen and oxygen atoms in total. The van der Waals surface area contributed by atoms with Crippen LogP contribution >= 0.6 is 11.8 Å². The fraction of sp³-hybridized carbons (Fsp3) is 0.261. The van der Waals surface area contributed by atoms with Crippen molar-refractivity contribution in [1.29, 1.82) is 0 Å². The highest BCUT2D eigenvalue weighted by molar-refractivity contribution is 7.99. The second-order valence-electron chi connectivity index (χ2n) is 6.87. The van der Waals surface area contributed by atoms with Crippen LogP contribution in [-0.4, -0.2) is 59.2 Å². The first-order valence-electron chi connectivity index (χ1n) is 10.2. The van der Waals surface area contributed by atoms with Gasteiger partial charge in [-0.2, -0.15) is 0 Å². The molecule has 1 N–H and O–H groups in total. The summed E-state index contributed by atoms with van der Waals surface area (Å²) in [6.07, 6.45) is 0. The number of hydrogen-bond acceptors (Lipinski definition) is 9. The van der Waals surface area contributed by atoms with E-state index in [1.165, 1.54) is 44.2 Å². The first-order chi connectivity index (χ1) is 16.4. The van der Waals surface area contributed by atoms with Crippen LogP contribution in [0.5, 0.6) is 5.75 Å². The Hall–Kier alpha value is -3.86. The van der Waals surface area contributed by atoms with Crippen LogP contribution in [0.4, 0.5) is 5.69 Å². The van der Waals surface area contributed by atoms with E-state index < -0.39 is 17.8 Å². The molecule has 0 aliphatic rings. The van der Waals surface area contributed by atoms with Crippen LogP contribution in [-0.2, 0) is 21.3 Å². The molecule has 3 rings (SSSR count). The quantitative estimate of drug-likeness (QED) is 0.360. The van der Waals surface area contributed by atoms with E-state index in [0.717, 1.165) is 5.56 Å². The minimum Gasteiger partial charge on any atom is -0.493 e. The summed E-state index contributed by atoms with van der Waals surface area (Å²) in [5.74, 6) is -0.370. The van der Waals surface area contributed by atoms with Crippen molar-refractivity contribution in [1.82, 2.24) is 14.8 Å². The van der Waals surface area contributed by atoms with Gasteiger partial charge in [0.25, 0.3) is 0 Å². The third kappa shape index (κ3) is 5.54. The molecule has 178 valence electrons. The molecule has 2 aromatic carbocycles. The number of benzene rings is 2. The van der Waals surface area contributed by atoms with Gasteiger partial charge in [-0.05, 0) is 37.3 Å². The normalized spacial score (nSPS) is 10.5. The number of esters is 2. The summed E-state index contributed by atoms with van der Waals surface area (Å²) in [5.41, 5.74) is 1.23. The largest absolute Gasteiger partial charge is 0.493 e. The van der Waals surface area contributed by atoms with Gasteiger partial charge in [-0.3, -0.25) is 4.79 Å². The van der Waals surface area contributed by atoms with Crippen molar-refractivity contribution in [2.45, 2.75) is 12.1 Å². The Morgan fingerprint density at radius 2 is 1.76 bits per heavy atom. The van der Waals surface area contributed by atoms with Crippen molar-refractivity contribution in [3.8, 4) is 17.1 Å². The van der Waals surface area contributed by atoms with Crippen LogP contribution in [0.25, 0.3) is 11.4 Å². The smallest absolute Gasteiger partial charge is 0.339 e. The number of anilines is 1. The second kappa shape index (κ2) is 11.3. The van der Waals surface area contributed by atoms with Crippen LogP contribution in [0.1, 0.15) is 27.6 Å². The molecule has 1 heterocycles. The zero-order chi connectivity index (χ0) is 24.7. The van der Waals surface area contributed by atoms with Crippen molar-refractivity contribution >= 4 is 35.3 Å². The van der Waals surface area contributed by atoms with Gasteiger partial charge >= 0.3 is 11.9 Å². The summed E-state index contributed by atoms with van der Waals surface area (Å²) >= 11 is 1.17. The average Bonchev–Trinajstić information content (AvgIpc) is 3.22. The maximum atomic E-state index is 12.6. The summed E-state index contributed by atoms with van der Waals surface area (Å²) in [6.45, 7) is 2.42. The topological polar surface area (TPSA) is 122 Å². The Morgan fingerprint density at radius 3 is 2.47 bits per heavy atom. The van der Waals surface area contributed by atoms with Crippen LogP contribution in [0.3, 0.4) is 0 Å². The molecule has 0 fully saturated rings. The fourth-order valence-electron chi connectivity index (χ4n) is 3.10. The Morgan fingerprint density at radius 1 is 1.03 bits per heavy atom. The Balaban J connectivity index is 1.75. The number of hydrogen-bond donors (Lipinski definition) is 1. The Kier molecular flexibility index (Phi) is 8.25. The summed E-state index contributed by atoms with van der Waals surface area (Å²) < 4.78 is 16.9. The number of methoxy groups -OCH3 is 2. The zero-order valence-corrected chi connectivity index (χ0v) is 20.0. The molecular formula is C23H24N4O6S. The lowest BCUT2D eigenvalue weighted by atomic mass is 10.1. The molecule has 1 amide bonds. The molecule has 11 heteroatoms. The van der Waals surface area contributed by atoms with Crippen molar-refractivity contribution in [3.05, 3.63) is 53.6 Å². The fourth-order valence-corrected chi connectivity index (χ4v) is 3.82. The minimum absolute atomic E-state index is 0.0118. The number of para-hydroxylation sites is 1. The lowest BCUT2D eigenvalue weighted by Crippen LogP contribution is -2.18. The van der Waals surface area contributed by atoms with Gasteiger partial charge < -0.3 is 24.1 Å². The number of thioether (sulfide) groups is 1. The molecule has 0 spiro atoms. The van der Waals surface area contributed by atoms with Crippen molar-refractivity contribution in [2.24, 2.45) is 7.05 Å². The maximum absolute atomic E-state index is 12.6. The summed E-state index contributed by atoms with van der Waals surface area (Å²) in [7, 11) is 4.27. The van der Waals surface area contributed by atoms with Crippen LogP contribution in [0.2, 0.25) is 0 Å². The van der Waals surface area contributed by atoms with E-state index in [0.29, 0.717) is 23.3 Å². The molecule has 0 aliphatic carbocycles. The van der Waals surface area contributed by atoms with E-state index in [1.54, 1.807) is 11.6 Å². The highest BCUT2D eigenvalue weighted by Crippen LogP contribution is 2.30. The zero-order valence-electron chi connectivity index (χ0n) is 19.2. The molecule has 3 aromatic rings. The van der Waals surface area contributed by atoms with E-state index in [-0.39, 0.29) is 22.6 Å². The van der Waals surface area contributed by atoms with Gasteiger partial charge in [-0.1, -0.05) is 23.9 Å². The number of carbonyl (C=O) groups excluding carboxylic acids is 3. The SMILES string of the molecule is CCOc1ccccc1-c1nnc(SCC(=O)Nc2cc(C(=O)OC)ccc2C(=O)OC)n1C. The molecule has 0 radical (unpaired) electrons. The molecule has 0 bridgehead atoms. The van der Waals surface area contributed by atoms with Crippen LogP contribution in [0.15, 0.2) is 47.6 Å². The Labute approximate surface area is 200 Å². The average molecular weight is 485 g/mol. The van der Waals surface area contributed by atoms with E-state index in [4.69, 9.17) is 14.2 Å². The van der Waals surface area contributed by atoms with Crippen molar-refractivity contribution in [3.63, 3.8) is 0 Å². The van der Waals surface area contributed by atoms with Crippen molar-refractivity contribution in [2.75, 3.05) is 31.9 Å². The Bertz CT molecular complexity index is 1210. The standard InChI is InChI=1S/C23H24N4O6S/c1-5-33-18-9-7-6-8-16(18)20-25-26-23(27(20)2)34-13-19(28)24-17-12-14(21(29)31-3)10-11-15(17)22(30)32-4/h6-12H,5,13H2,1-4H3,(H,24,28). The molecule has 0 unspecified atom stereocenters. The molecule has 0 atom stereocenters. The number of carbonyl (C=O) groups is 3. The molecule has 0 saturated heterocycles. The van der Waals surface area contributed by atoms with E-state index in [1.807, 2.05) is 31.2 Å². The van der Waals surface area contributed by atoms with Crippen LogP contribution < -0.4 is 10.1 Å². The molecule has 0 aliphatic heterocycles. The van der Waals surface area contributed by atoms with Gasteiger partial charge in [0.1, 0.15) is 5.75 Å². The first kappa shape index (κ1) is 24.8. The summed E-state index contributed by atoms with van der Waals surface area (Å²) in [5, 5.41) is 11.6. The van der Waals surface area contributed by atoms with Crippen molar-refractivity contribution < 1.29 is 28.6 Å². The number of aromatic nitrogens is 3. The van der Waals surface area contributed by atoms with Gasteiger partial charge in [-0.25, -0.2) is 9.59 Å². The van der Waals surface area contributed by atoms with Crippen LogP contribution in [0, 0.1) is 0 Å². The molecular weight excluding hydrogens is 460 g/mol. The number of amides is 1. The highest BCUT2D eigenvalue weighted by atomic mass is 32.2. The monoisotopic (exact) mass is 484 g/mol.